The molecule has 1 amide bonds. The maximum atomic E-state index is 12.3. The summed E-state index contributed by atoms with van der Waals surface area (Å²) >= 11 is 3.61. The molecule has 0 spiro atoms. The number of hydrogen-bond donors (Lipinski definition) is 1. The lowest BCUT2D eigenvalue weighted by atomic mass is 9.90. The Morgan fingerprint density at radius 2 is 1.53 bits per heavy atom. The van der Waals surface area contributed by atoms with Crippen molar-refractivity contribution in [3.05, 3.63) is 0 Å². The Morgan fingerprint density at radius 3 is 2.21 bits per heavy atom. The van der Waals surface area contributed by atoms with Crippen LogP contribution in [0.4, 0.5) is 0 Å². The summed E-state index contributed by atoms with van der Waals surface area (Å²) < 4.78 is 0. The molecule has 0 bridgehead atoms. The zero-order chi connectivity index (χ0) is 13.5. The van der Waals surface area contributed by atoms with Gasteiger partial charge in [0, 0.05) is 17.8 Å². The molecule has 2 aliphatic carbocycles. The van der Waals surface area contributed by atoms with Gasteiger partial charge in [-0.2, -0.15) is 0 Å². The van der Waals surface area contributed by atoms with Crippen LogP contribution in [0.25, 0.3) is 0 Å². The van der Waals surface area contributed by atoms with Crippen LogP contribution in [-0.2, 0) is 4.79 Å². The summed E-state index contributed by atoms with van der Waals surface area (Å²) in [6, 6.07) is 0. The molecule has 0 radical (unpaired) electrons. The van der Waals surface area contributed by atoms with Crippen molar-refractivity contribution in [2.75, 3.05) is 11.9 Å². The molecule has 3 heteroatoms. The Balaban J connectivity index is 1.73. The van der Waals surface area contributed by atoms with E-state index in [0.717, 1.165) is 30.6 Å². The Labute approximate surface area is 126 Å². The summed E-state index contributed by atoms with van der Waals surface area (Å²) in [4.78, 5) is 12.3. The molecule has 2 unspecified atom stereocenters. The lowest BCUT2D eigenvalue weighted by Gasteiger charge is -2.22. The fourth-order valence-electron chi connectivity index (χ4n) is 3.68. The highest BCUT2D eigenvalue weighted by Gasteiger charge is 2.27. The summed E-state index contributed by atoms with van der Waals surface area (Å²) in [5.41, 5.74) is 0. The number of halogens is 1. The Morgan fingerprint density at radius 1 is 0.895 bits per heavy atom. The monoisotopic (exact) mass is 329 g/mol. The highest BCUT2D eigenvalue weighted by atomic mass is 79.9. The number of rotatable bonds is 4. The normalized spacial score (nSPS) is 29.7. The summed E-state index contributed by atoms with van der Waals surface area (Å²) in [6.45, 7) is 0.908. The van der Waals surface area contributed by atoms with Crippen molar-refractivity contribution < 1.29 is 4.79 Å². The van der Waals surface area contributed by atoms with Crippen molar-refractivity contribution in [3.8, 4) is 0 Å². The summed E-state index contributed by atoms with van der Waals surface area (Å²) in [7, 11) is 0. The van der Waals surface area contributed by atoms with Crippen molar-refractivity contribution in [3.63, 3.8) is 0 Å². The molecule has 0 aliphatic heterocycles. The van der Waals surface area contributed by atoms with Crippen molar-refractivity contribution >= 4 is 21.8 Å². The minimum absolute atomic E-state index is 0.295. The molecule has 0 aromatic rings. The predicted molar refractivity (Wildman–Crippen MR) is 83.4 cm³/mol. The van der Waals surface area contributed by atoms with E-state index >= 15 is 0 Å². The van der Waals surface area contributed by atoms with E-state index < -0.39 is 0 Å². The second-order valence-electron chi connectivity index (χ2n) is 6.39. The van der Waals surface area contributed by atoms with E-state index in [4.69, 9.17) is 0 Å². The van der Waals surface area contributed by atoms with Crippen LogP contribution in [0.3, 0.4) is 0 Å². The van der Waals surface area contributed by atoms with Crippen LogP contribution in [0.2, 0.25) is 0 Å². The van der Waals surface area contributed by atoms with Gasteiger partial charge in [-0.15, -0.1) is 0 Å². The first-order valence-electron chi connectivity index (χ1n) is 8.15. The average molecular weight is 330 g/mol. The first-order chi connectivity index (χ1) is 9.31. The average Bonchev–Trinajstić information content (AvgIpc) is 2.83. The Kier molecular flexibility index (Phi) is 6.69. The Hall–Kier alpha value is -0.0500. The van der Waals surface area contributed by atoms with Crippen LogP contribution in [0.15, 0.2) is 0 Å². The van der Waals surface area contributed by atoms with E-state index in [0.29, 0.717) is 17.7 Å². The molecule has 19 heavy (non-hydrogen) atoms. The molecule has 2 rings (SSSR count). The van der Waals surface area contributed by atoms with Gasteiger partial charge in [-0.1, -0.05) is 54.5 Å². The third-order valence-corrected chi connectivity index (χ3v) is 5.86. The molecule has 0 aromatic heterocycles. The van der Waals surface area contributed by atoms with Gasteiger partial charge in [0.1, 0.15) is 0 Å². The highest BCUT2D eigenvalue weighted by molar-refractivity contribution is 9.09. The molecule has 0 aromatic carbocycles. The van der Waals surface area contributed by atoms with Gasteiger partial charge in [0.2, 0.25) is 5.91 Å². The van der Waals surface area contributed by atoms with Crippen molar-refractivity contribution in [1.82, 2.24) is 5.32 Å². The number of alkyl halides is 1. The standard InChI is InChI=1S/C16H28BrNO/c17-11-14-9-6-10-15(14)12-18-16(19)13-7-4-2-1-3-5-8-13/h13-15H,1-12H2,(H,18,19). The first kappa shape index (κ1) is 15.3. The predicted octanol–water partition coefficient (Wildman–Crippen LogP) is 4.27. The zero-order valence-electron chi connectivity index (χ0n) is 12.0. The third kappa shape index (κ3) is 4.77. The lowest BCUT2D eigenvalue weighted by molar-refractivity contribution is -0.125. The van der Waals surface area contributed by atoms with Crippen LogP contribution in [-0.4, -0.2) is 17.8 Å². The molecule has 0 saturated heterocycles. The Bertz CT molecular complexity index is 274. The molecular formula is C16H28BrNO. The molecule has 2 nitrogen and oxygen atoms in total. The number of amides is 1. The van der Waals surface area contributed by atoms with E-state index in [-0.39, 0.29) is 0 Å². The number of carbonyl (C=O) groups excluding carboxylic acids is 1. The summed E-state index contributed by atoms with van der Waals surface area (Å²) in [5.74, 6) is 2.11. The topological polar surface area (TPSA) is 29.1 Å². The summed E-state index contributed by atoms with van der Waals surface area (Å²) in [5, 5.41) is 4.34. The molecule has 110 valence electrons. The maximum Gasteiger partial charge on any atom is 0.223 e. The molecule has 2 atom stereocenters. The SMILES string of the molecule is O=C(NCC1CCCC1CBr)C1CCCCCCC1. The van der Waals surface area contributed by atoms with E-state index in [1.54, 1.807) is 0 Å². The van der Waals surface area contributed by atoms with Crippen molar-refractivity contribution in [2.24, 2.45) is 17.8 Å². The number of hydrogen-bond acceptors (Lipinski definition) is 1. The minimum atomic E-state index is 0.295. The van der Waals surface area contributed by atoms with Crippen LogP contribution in [0, 0.1) is 17.8 Å². The third-order valence-electron chi connectivity index (χ3n) is 5.03. The van der Waals surface area contributed by atoms with E-state index in [1.165, 1.54) is 51.4 Å². The summed E-state index contributed by atoms with van der Waals surface area (Å²) in [6.07, 6.45) is 12.7. The smallest absolute Gasteiger partial charge is 0.223 e. The van der Waals surface area contributed by atoms with Gasteiger partial charge in [0.15, 0.2) is 0 Å². The van der Waals surface area contributed by atoms with Gasteiger partial charge in [0.25, 0.3) is 0 Å². The number of carbonyl (C=O) groups is 1. The molecule has 1 N–H and O–H groups in total. The lowest BCUT2D eigenvalue weighted by Crippen LogP contribution is -2.35. The fraction of sp³-hybridized carbons (Fsp3) is 0.938. The van der Waals surface area contributed by atoms with Gasteiger partial charge < -0.3 is 5.32 Å². The van der Waals surface area contributed by atoms with Crippen LogP contribution < -0.4 is 5.32 Å². The van der Waals surface area contributed by atoms with E-state index in [9.17, 15) is 4.79 Å². The highest BCUT2D eigenvalue weighted by Crippen LogP contribution is 2.32. The molecule has 2 fully saturated rings. The molecule has 2 aliphatic rings. The largest absolute Gasteiger partial charge is 0.356 e. The minimum Gasteiger partial charge on any atom is -0.356 e. The molecule has 2 saturated carbocycles. The van der Waals surface area contributed by atoms with Gasteiger partial charge in [-0.25, -0.2) is 0 Å². The van der Waals surface area contributed by atoms with E-state index in [1.807, 2.05) is 0 Å². The second-order valence-corrected chi connectivity index (χ2v) is 7.04. The second kappa shape index (κ2) is 8.28. The zero-order valence-corrected chi connectivity index (χ0v) is 13.6. The molecular weight excluding hydrogens is 302 g/mol. The van der Waals surface area contributed by atoms with Crippen LogP contribution in [0.1, 0.15) is 64.2 Å². The van der Waals surface area contributed by atoms with Crippen LogP contribution >= 0.6 is 15.9 Å². The van der Waals surface area contributed by atoms with Gasteiger partial charge in [-0.3, -0.25) is 4.79 Å². The van der Waals surface area contributed by atoms with Crippen molar-refractivity contribution in [2.45, 2.75) is 64.2 Å². The van der Waals surface area contributed by atoms with Gasteiger partial charge in [0.05, 0.1) is 0 Å². The van der Waals surface area contributed by atoms with E-state index in [2.05, 4.69) is 21.2 Å². The van der Waals surface area contributed by atoms with Crippen molar-refractivity contribution in [1.29, 1.82) is 0 Å². The maximum absolute atomic E-state index is 12.3. The number of nitrogens with one attached hydrogen (secondary N) is 1. The first-order valence-corrected chi connectivity index (χ1v) is 9.27. The van der Waals surface area contributed by atoms with Gasteiger partial charge in [-0.05, 0) is 37.5 Å². The molecule has 0 heterocycles. The fourth-order valence-corrected chi connectivity index (χ4v) is 4.53. The quantitative estimate of drug-likeness (QED) is 0.766. The van der Waals surface area contributed by atoms with Crippen LogP contribution in [0.5, 0.6) is 0 Å². The van der Waals surface area contributed by atoms with Gasteiger partial charge >= 0.3 is 0 Å².